The second-order valence-corrected chi connectivity index (χ2v) is 8.05. The van der Waals surface area contributed by atoms with E-state index in [1.165, 1.54) is 6.07 Å². The summed E-state index contributed by atoms with van der Waals surface area (Å²) in [6, 6.07) is 3.04. The molecule has 1 aromatic heterocycles. The van der Waals surface area contributed by atoms with E-state index in [1.807, 2.05) is 25.7 Å². The van der Waals surface area contributed by atoms with E-state index in [0.717, 1.165) is 12.8 Å². The monoisotopic (exact) mass is 348 g/mol. The van der Waals surface area contributed by atoms with Gasteiger partial charge in [0.05, 0.1) is 23.4 Å². The Morgan fingerprint density at radius 1 is 1.28 bits per heavy atom. The molecule has 138 valence electrons. The minimum atomic E-state index is -0.686. The van der Waals surface area contributed by atoms with Gasteiger partial charge in [-0.1, -0.05) is 13.8 Å². The molecule has 2 saturated heterocycles. The van der Waals surface area contributed by atoms with Crippen molar-refractivity contribution in [3.8, 4) is 0 Å². The number of aliphatic hydroxyl groups is 1. The molecule has 2 fully saturated rings. The van der Waals surface area contributed by atoms with Crippen LogP contribution >= 0.6 is 0 Å². The summed E-state index contributed by atoms with van der Waals surface area (Å²) in [5.74, 6) is 0.0260. The summed E-state index contributed by atoms with van der Waals surface area (Å²) < 4.78 is 6.01. The van der Waals surface area contributed by atoms with Crippen molar-refractivity contribution in [1.82, 2.24) is 9.88 Å². The maximum Gasteiger partial charge on any atom is 0.255 e. The van der Waals surface area contributed by atoms with Crippen LogP contribution in [0, 0.1) is 0 Å². The van der Waals surface area contributed by atoms with Crippen LogP contribution in [0.2, 0.25) is 0 Å². The summed E-state index contributed by atoms with van der Waals surface area (Å²) in [6.07, 6.45) is 2.75. The Hall–Kier alpha value is -1.66. The van der Waals surface area contributed by atoms with E-state index >= 15 is 0 Å². The van der Waals surface area contributed by atoms with E-state index in [4.69, 9.17) is 4.74 Å². The highest BCUT2D eigenvalue weighted by atomic mass is 16.5. The van der Waals surface area contributed by atoms with Gasteiger partial charge in [-0.3, -0.25) is 9.59 Å². The first kappa shape index (κ1) is 18.1. The molecule has 0 radical (unpaired) electrons. The maximum atomic E-state index is 12.9. The fraction of sp³-hybridized carbons (Fsp3) is 0.684. The van der Waals surface area contributed by atoms with E-state index in [9.17, 15) is 14.7 Å². The molecule has 3 rings (SSSR count). The second kappa shape index (κ2) is 6.57. The molecule has 2 N–H and O–H groups in total. The van der Waals surface area contributed by atoms with Gasteiger partial charge >= 0.3 is 0 Å². The van der Waals surface area contributed by atoms with Crippen molar-refractivity contribution < 1.29 is 14.6 Å². The summed E-state index contributed by atoms with van der Waals surface area (Å²) >= 11 is 0. The van der Waals surface area contributed by atoms with E-state index in [2.05, 4.69) is 4.98 Å². The number of H-pyrrole nitrogens is 1. The Morgan fingerprint density at radius 3 is 2.56 bits per heavy atom. The molecule has 6 nitrogen and oxygen atoms in total. The Balaban J connectivity index is 1.73. The number of aromatic amines is 1. The summed E-state index contributed by atoms with van der Waals surface area (Å²) in [4.78, 5) is 29.2. The van der Waals surface area contributed by atoms with Gasteiger partial charge < -0.3 is 19.7 Å². The van der Waals surface area contributed by atoms with Crippen molar-refractivity contribution in [2.45, 2.75) is 63.6 Å². The van der Waals surface area contributed by atoms with Gasteiger partial charge in [0.2, 0.25) is 5.56 Å². The van der Waals surface area contributed by atoms with Crippen molar-refractivity contribution in [1.29, 1.82) is 0 Å². The molecular formula is C19H28N2O4. The molecule has 25 heavy (non-hydrogen) atoms. The van der Waals surface area contributed by atoms with E-state index in [-0.39, 0.29) is 23.0 Å². The number of amides is 1. The maximum absolute atomic E-state index is 12.9. The Labute approximate surface area is 148 Å². The van der Waals surface area contributed by atoms with Crippen LogP contribution in [0.5, 0.6) is 0 Å². The predicted molar refractivity (Wildman–Crippen MR) is 94.8 cm³/mol. The molecule has 0 aromatic carbocycles. The first-order valence-corrected chi connectivity index (χ1v) is 9.10. The van der Waals surface area contributed by atoms with Crippen LogP contribution in [-0.2, 0) is 4.74 Å². The number of ether oxygens (including phenoxy) is 1. The van der Waals surface area contributed by atoms with Crippen LogP contribution < -0.4 is 5.56 Å². The Bertz CT molecular complexity index is 700. The lowest BCUT2D eigenvalue weighted by Crippen LogP contribution is -2.54. The first-order chi connectivity index (χ1) is 11.7. The summed E-state index contributed by atoms with van der Waals surface area (Å²) in [6.45, 7) is 7.57. The summed E-state index contributed by atoms with van der Waals surface area (Å²) in [5, 5.41) is 10.4. The number of hydrogen-bond donors (Lipinski definition) is 2. The predicted octanol–water partition coefficient (Wildman–Crippen LogP) is 2.03. The van der Waals surface area contributed by atoms with Crippen LogP contribution in [0.25, 0.3) is 0 Å². The van der Waals surface area contributed by atoms with Crippen LogP contribution in [0.3, 0.4) is 0 Å². The molecule has 6 heteroatoms. The van der Waals surface area contributed by atoms with Crippen molar-refractivity contribution in [2.75, 3.05) is 19.7 Å². The standard InChI is InChI=1S/C19H28N2O4/c1-13(2)16-14(4-5-15(22)20-16)17(23)21-9-6-19(7-10-21)12-18(3,24)8-11-25-19/h4-5,13,24H,6-12H2,1-3H3,(H,20,22). The zero-order valence-corrected chi connectivity index (χ0v) is 15.3. The zero-order chi connectivity index (χ0) is 18.2. The van der Waals surface area contributed by atoms with Crippen molar-refractivity contribution >= 4 is 5.91 Å². The lowest BCUT2D eigenvalue weighted by Gasteiger charge is -2.48. The largest absolute Gasteiger partial charge is 0.390 e. The normalized spacial score (nSPS) is 26.2. The molecule has 1 unspecified atom stereocenters. The number of hydrogen-bond acceptors (Lipinski definition) is 4. The molecule has 1 amide bonds. The quantitative estimate of drug-likeness (QED) is 0.857. The first-order valence-electron chi connectivity index (χ1n) is 9.10. The highest BCUT2D eigenvalue weighted by Crippen LogP contribution is 2.39. The number of carbonyl (C=O) groups is 1. The lowest BCUT2D eigenvalue weighted by atomic mass is 9.78. The van der Waals surface area contributed by atoms with Gasteiger partial charge in [-0.05, 0) is 38.2 Å². The number of pyridine rings is 1. The van der Waals surface area contributed by atoms with Gasteiger partial charge in [0.1, 0.15) is 0 Å². The molecule has 1 atom stereocenters. The third-order valence-corrected chi connectivity index (χ3v) is 5.47. The van der Waals surface area contributed by atoms with Crippen molar-refractivity contribution in [2.24, 2.45) is 0 Å². The molecule has 2 aliphatic rings. The van der Waals surface area contributed by atoms with Gasteiger partial charge in [0.25, 0.3) is 5.91 Å². The average molecular weight is 348 g/mol. The molecule has 1 spiro atoms. The van der Waals surface area contributed by atoms with Crippen molar-refractivity contribution in [3.05, 3.63) is 33.7 Å². The van der Waals surface area contributed by atoms with Gasteiger partial charge in [0, 0.05) is 31.3 Å². The molecule has 0 saturated carbocycles. The van der Waals surface area contributed by atoms with E-state index in [0.29, 0.717) is 43.8 Å². The molecule has 0 aliphatic carbocycles. The molecule has 3 heterocycles. The molecule has 0 bridgehead atoms. The number of nitrogens with one attached hydrogen (secondary N) is 1. The fourth-order valence-corrected chi connectivity index (χ4v) is 4.06. The average Bonchev–Trinajstić information content (AvgIpc) is 2.53. The van der Waals surface area contributed by atoms with Gasteiger partial charge in [-0.15, -0.1) is 0 Å². The van der Waals surface area contributed by atoms with Gasteiger partial charge in [-0.2, -0.15) is 0 Å². The van der Waals surface area contributed by atoms with Crippen molar-refractivity contribution in [3.63, 3.8) is 0 Å². The minimum Gasteiger partial charge on any atom is -0.390 e. The highest BCUT2D eigenvalue weighted by Gasteiger charge is 2.45. The molecule has 1 aromatic rings. The Kier molecular flexibility index (Phi) is 4.77. The summed E-state index contributed by atoms with van der Waals surface area (Å²) in [5.41, 5.74) is 0.0749. The van der Waals surface area contributed by atoms with Crippen LogP contribution in [0.1, 0.15) is 68.4 Å². The fourth-order valence-electron chi connectivity index (χ4n) is 4.06. The second-order valence-electron chi connectivity index (χ2n) is 8.05. The Morgan fingerprint density at radius 2 is 1.96 bits per heavy atom. The van der Waals surface area contributed by atoms with Crippen LogP contribution in [-0.4, -0.2) is 51.8 Å². The third kappa shape index (κ3) is 3.80. The number of nitrogens with zero attached hydrogens (tertiary/aromatic N) is 1. The number of aromatic nitrogens is 1. The lowest BCUT2D eigenvalue weighted by molar-refractivity contribution is -0.170. The minimum absolute atomic E-state index is 0.0441. The molecular weight excluding hydrogens is 320 g/mol. The number of rotatable bonds is 2. The topological polar surface area (TPSA) is 82.6 Å². The third-order valence-electron chi connectivity index (χ3n) is 5.47. The van der Waals surface area contributed by atoms with Gasteiger partial charge in [0.15, 0.2) is 0 Å². The highest BCUT2D eigenvalue weighted by molar-refractivity contribution is 5.95. The van der Waals surface area contributed by atoms with E-state index < -0.39 is 5.60 Å². The molecule has 2 aliphatic heterocycles. The number of carbonyl (C=O) groups excluding carboxylic acids is 1. The van der Waals surface area contributed by atoms with Crippen LogP contribution in [0.4, 0.5) is 0 Å². The van der Waals surface area contributed by atoms with Gasteiger partial charge in [-0.25, -0.2) is 0 Å². The van der Waals surface area contributed by atoms with Crippen LogP contribution in [0.15, 0.2) is 16.9 Å². The number of piperidine rings is 1. The smallest absolute Gasteiger partial charge is 0.255 e. The number of likely N-dealkylation sites (tertiary alicyclic amines) is 1. The SMILES string of the molecule is CC(C)c1[nH]c(=O)ccc1C(=O)N1CCC2(CC1)CC(C)(O)CCO2. The van der Waals surface area contributed by atoms with E-state index in [1.54, 1.807) is 6.07 Å². The summed E-state index contributed by atoms with van der Waals surface area (Å²) in [7, 11) is 0. The zero-order valence-electron chi connectivity index (χ0n) is 15.3.